The first kappa shape index (κ1) is 17.4. The molecule has 0 spiro atoms. The first-order chi connectivity index (χ1) is 10.2. The van der Waals surface area contributed by atoms with Crippen LogP contribution in [0.1, 0.15) is 25.8 Å². The lowest BCUT2D eigenvalue weighted by molar-refractivity contribution is 0.569. The lowest BCUT2D eigenvalue weighted by Gasteiger charge is -2.13. The van der Waals surface area contributed by atoms with Crippen LogP contribution in [0.15, 0.2) is 21.8 Å². The highest BCUT2D eigenvalue weighted by molar-refractivity contribution is 7.99. The van der Waals surface area contributed by atoms with Crippen molar-refractivity contribution in [3.05, 3.63) is 36.9 Å². The van der Waals surface area contributed by atoms with E-state index in [0.717, 1.165) is 21.2 Å². The quantitative estimate of drug-likeness (QED) is 0.582. The molecule has 1 aromatic carbocycles. The molecule has 7 heteroatoms. The fraction of sp³-hybridized carbons (Fsp3) is 0.333. The van der Waals surface area contributed by atoms with Crippen LogP contribution in [-0.4, -0.2) is 15.5 Å². The maximum absolute atomic E-state index is 12.2. The third-order valence-electron chi connectivity index (χ3n) is 2.73. The van der Waals surface area contributed by atoms with E-state index in [1.807, 2.05) is 20.8 Å². The smallest absolute Gasteiger partial charge is 0.255 e. The summed E-state index contributed by atoms with van der Waals surface area (Å²) in [4.78, 5) is 12.8. The molecule has 0 N–H and O–H groups in total. The predicted molar refractivity (Wildman–Crippen MR) is 96.0 cm³/mol. The molecule has 2 aromatic rings. The van der Waals surface area contributed by atoms with Crippen molar-refractivity contribution in [1.29, 1.82) is 0 Å². The molecule has 0 amide bonds. The second-order valence-electron chi connectivity index (χ2n) is 5.56. The molecule has 3 nitrogen and oxygen atoms in total. The Kier molecular flexibility index (Phi) is 5.29. The number of terminal acetylenes is 1. The number of thioether (sulfide) groups is 1. The van der Waals surface area contributed by atoms with Crippen molar-refractivity contribution in [3.63, 3.8) is 0 Å². The van der Waals surface area contributed by atoms with Gasteiger partial charge < -0.3 is 0 Å². The molecule has 0 unspecified atom stereocenters. The van der Waals surface area contributed by atoms with Gasteiger partial charge in [-0.25, -0.2) is 0 Å². The van der Waals surface area contributed by atoms with Gasteiger partial charge >= 0.3 is 4.87 Å². The summed E-state index contributed by atoms with van der Waals surface area (Å²) in [5, 5.41) is 6.05. The first-order valence-electron chi connectivity index (χ1n) is 6.40. The van der Waals surface area contributed by atoms with Crippen LogP contribution in [0, 0.1) is 12.3 Å². The minimum Gasteiger partial charge on any atom is -0.255 e. The van der Waals surface area contributed by atoms with Crippen LogP contribution in [-0.2, 0) is 5.41 Å². The van der Waals surface area contributed by atoms with E-state index < -0.39 is 0 Å². The van der Waals surface area contributed by atoms with Gasteiger partial charge in [-0.15, -0.1) is 18.2 Å². The average molecular weight is 373 g/mol. The van der Waals surface area contributed by atoms with Crippen molar-refractivity contribution in [2.45, 2.75) is 31.1 Å². The summed E-state index contributed by atoms with van der Waals surface area (Å²) in [6.45, 7) is 6.02. The van der Waals surface area contributed by atoms with Gasteiger partial charge in [-0.1, -0.05) is 61.2 Å². The molecule has 0 fully saturated rings. The molecular formula is C15H14Cl2N2OS2. The summed E-state index contributed by atoms with van der Waals surface area (Å²) >= 11 is 14.9. The molecule has 0 bridgehead atoms. The van der Waals surface area contributed by atoms with Crippen LogP contribution in [0.25, 0.3) is 5.69 Å². The lowest BCUT2D eigenvalue weighted by Crippen LogP contribution is -2.14. The van der Waals surface area contributed by atoms with Crippen molar-refractivity contribution >= 4 is 46.3 Å². The van der Waals surface area contributed by atoms with Gasteiger partial charge in [-0.3, -0.25) is 4.79 Å². The standard InChI is InChI=1S/C15H14Cl2N2OS2/c1-5-6-21-12-8-11(9(16)7-10(12)17)19-14(20)22-13(18-19)15(2,3)4/h1,7-8H,6H2,2-4H3. The maximum Gasteiger partial charge on any atom is 0.329 e. The molecule has 0 saturated heterocycles. The SMILES string of the molecule is C#CCSc1cc(-n2nc(C(C)(C)C)sc2=O)c(Cl)cc1Cl. The zero-order valence-electron chi connectivity index (χ0n) is 12.3. The Morgan fingerprint density at radius 2 is 2.05 bits per heavy atom. The topological polar surface area (TPSA) is 34.9 Å². The molecule has 22 heavy (non-hydrogen) atoms. The monoisotopic (exact) mass is 372 g/mol. The number of rotatable bonds is 3. The summed E-state index contributed by atoms with van der Waals surface area (Å²) in [5.41, 5.74) is 0.317. The van der Waals surface area contributed by atoms with Crippen LogP contribution < -0.4 is 4.87 Å². The first-order valence-corrected chi connectivity index (χ1v) is 8.96. The fourth-order valence-electron chi connectivity index (χ4n) is 1.64. The summed E-state index contributed by atoms with van der Waals surface area (Å²) < 4.78 is 1.32. The van der Waals surface area contributed by atoms with Gasteiger partial charge in [0.15, 0.2) is 0 Å². The van der Waals surface area contributed by atoms with E-state index in [9.17, 15) is 4.79 Å². The van der Waals surface area contributed by atoms with Crippen molar-refractivity contribution < 1.29 is 0 Å². The van der Waals surface area contributed by atoms with Gasteiger partial charge in [-0.05, 0) is 12.1 Å². The summed E-state index contributed by atoms with van der Waals surface area (Å²) in [5.74, 6) is 3.03. The minimum atomic E-state index is -0.199. The Bertz CT molecular complexity index is 797. The third kappa shape index (κ3) is 3.69. The molecule has 116 valence electrons. The van der Waals surface area contributed by atoms with E-state index in [2.05, 4.69) is 11.0 Å². The van der Waals surface area contributed by atoms with Gasteiger partial charge in [0.1, 0.15) is 5.01 Å². The molecule has 2 rings (SSSR count). The van der Waals surface area contributed by atoms with Gasteiger partial charge in [0.2, 0.25) is 0 Å². The Balaban J connectivity index is 2.56. The van der Waals surface area contributed by atoms with E-state index >= 15 is 0 Å². The highest BCUT2D eigenvalue weighted by Crippen LogP contribution is 2.34. The maximum atomic E-state index is 12.2. The van der Waals surface area contributed by atoms with Crippen LogP contribution in [0.5, 0.6) is 0 Å². The number of hydrogen-bond acceptors (Lipinski definition) is 4. The Morgan fingerprint density at radius 1 is 1.36 bits per heavy atom. The number of halogens is 2. The lowest BCUT2D eigenvalue weighted by atomic mass is 9.98. The minimum absolute atomic E-state index is 0.179. The van der Waals surface area contributed by atoms with E-state index in [4.69, 9.17) is 29.6 Å². The van der Waals surface area contributed by atoms with Gasteiger partial charge in [0.05, 0.1) is 21.5 Å². The average Bonchev–Trinajstić information content (AvgIpc) is 2.80. The molecular weight excluding hydrogens is 359 g/mol. The van der Waals surface area contributed by atoms with E-state index in [-0.39, 0.29) is 10.3 Å². The number of hydrogen-bond donors (Lipinski definition) is 0. The third-order valence-corrected chi connectivity index (χ3v) is 5.65. The predicted octanol–water partition coefficient (Wildman–Crippen LogP) is 4.62. The Morgan fingerprint density at radius 3 is 2.59 bits per heavy atom. The molecule has 0 atom stereocenters. The van der Waals surface area contributed by atoms with E-state index in [0.29, 0.717) is 21.5 Å². The summed E-state index contributed by atoms with van der Waals surface area (Å²) in [6, 6.07) is 3.36. The molecule has 1 aromatic heterocycles. The van der Waals surface area contributed by atoms with E-state index in [1.165, 1.54) is 16.4 Å². The normalized spacial score (nSPS) is 11.5. The van der Waals surface area contributed by atoms with Crippen LogP contribution in [0.2, 0.25) is 10.0 Å². The molecule has 1 heterocycles. The highest BCUT2D eigenvalue weighted by atomic mass is 35.5. The van der Waals surface area contributed by atoms with Crippen molar-refractivity contribution in [3.8, 4) is 18.0 Å². The summed E-state index contributed by atoms with van der Waals surface area (Å²) in [7, 11) is 0. The number of benzene rings is 1. The zero-order chi connectivity index (χ0) is 16.5. The molecule has 0 saturated carbocycles. The van der Waals surface area contributed by atoms with Crippen molar-refractivity contribution in [2.75, 3.05) is 5.75 Å². The fourth-order valence-corrected chi connectivity index (χ4v) is 3.72. The Labute approximate surface area is 147 Å². The Hall–Kier alpha value is -0.930. The van der Waals surface area contributed by atoms with Gasteiger partial charge in [0.25, 0.3) is 0 Å². The number of aromatic nitrogens is 2. The van der Waals surface area contributed by atoms with E-state index in [1.54, 1.807) is 12.1 Å². The molecule has 0 aliphatic heterocycles. The van der Waals surface area contributed by atoms with Gasteiger partial charge in [0, 0.05) is 10.3 Å². The molecule has 0 radical (unpaired) electrons. The van der Waals surface area contributed by atoms with Crippen LogP contribution in [0.3, 0.4) is 0 Å². The van der Waals surface area contributed by atoms with Gasteiger partial charge in [-0.2, -0.15) is 9.78 Å². The number of nitrogens with zero attached hydrogens (tertiary/aromatic N) is 2. The second kappa shape index (κ2) is 6.67. The van der Waals surface area contributed by atoms with Crippen molar-refractivity contribution in [2.24, 2.45) is 0 Å². The molecule has 0 aliphatic carbocycles. The van der Waals surface area contributed by atoms with Crippen LogP contribution in [0.4, 0.5) is 0 Å². The second-order valence-corrected chi connectivity index (χ2v) is 8.33. The summed E-state index contributed by atoms with van der Waals surface area (Å²) in [6.07, 6.45) is 5.27. The van der Waals surface area contributed by atoms with Crippen LogP contribution >= 0.6 is 46.3 Å². The largest absolute Gasteiger partial charge is 0.329 e. The highest BCUT2D eigenvalue weighted by Gasteiger charge is 2.22. The molecule has 0 aliphatic rings. The van der Waals surface area contributed by atoms with Crippen molar-refractivity contribution in [1.82, 2.24) is 9.78 Å². The zero-order valence-corrected chi connectivity index (χ0v) is 15.5.